The first-order valence-corrected chi connectivity index (χ1v) is 6.30. The van der Waals surface area contributed by atoms with Gasteiger partial charge in [0.25, 0.3) is 0 Å². The van der Waals surface area contributed by atoms with Crippen molar-refractivity contribution in [3.05, 3.63) is 47.1 Å². The van der Waals surface area contributed by atoms with E-state index in [1.54, 1.807) is 6.07 Å². The number of aromatic carboxylic acids is 1. The number of pyridine rings is 1. The Kier molecular flexibility index (Phi) is 4.10. The second-order valence-electron chi connectivity index (χ2n) is 4.37. The van der Waals surface area contributed by atoms with E-state index in [2.05, 4.69) is 10.3 Å². The first-order valence-electron chi connectivity index (χ1n) is 5.92. The van der Waals surface area contributed by atoms with Crippen LogP contribution in [0, 0.1) is 0 Å². The molecule has 0 radical (unpaired) electrons. The lowest BCUT2D eigenvalue weighted by molar-refractivity contribution is 0.0691. The summed E-state index contributed by atoms with van der Waals surface area (Å²) >= 11 is 5.80. The van der Waals surface area contributed by atoms with E-state index in [0.717, 1.165) is 11.4 Å². The van der Waals surface area contributed by atoms with Crippen molar-refractivity contribution < 1.29 is 9.90 Å². The molecule has 6 heteroatoms. The van der Waals surface area contributed by atoms with E-state index in [1.807, 2.05) is 43.3 Å². The molecule has 0 atom stereocenters. The molecule has 2 aromatic rings. The number of hydrogen-bond acceptors (Lipinski definition) is 4. The third-order valence-electron chi connectivity index (χ3n) is 2.70. The highest BCUT2D eigenvalue weighted by atomic mass is 35.5. The highest BCUT2D eigenvalue weighted by Gasteiger charge is 2.12. The van der Waals surface area contributed by atoms with Crippen LogP contribution in [-0.4, -0.2) is 30.2 Å². The molecule has 0 saturated carbocycles. The Hall–Kier alpha value is -2.27. The van der Waals surface area contributed by atoms with Gasteiger partial charge in [-0.3, -0.25) is 0 Å². The standard InChI is InChI=1S/C14H14ClN3O2/c1-18(2)11-6-4-3-5-10(11)16-12-8-7-9(15)13(17-12)14(19)20/h3-8H,1-2H3,(H,16,17)(H,19,20). The second kappa shape index (κ2) is 5.79. The number of carbonyl (C=O) groups is 1. The van der Waals surface area contributed by atoms with Gasteiger partial charge >= 0.3 is 5.97 Å². The maximum Gasteiger partial charge on any atom is 0.356 e. The fraction of sp³-hybridized carbons (Fsp3) is 0.143. The van der Waals surface area contributed by atoms with Crippen LogP contribution in [0.1, 0.15) is 10.5 Å². The van der Waals surface area contributed by atoms with Crippen LogP contribution in [-0.2, 0) is 0 Å². The number of anilines is 3. The van der Waals surface area contributed by atoms with Gasteiger partial charge in [-0.05, 0) is 24.3 Å². The number of rotatable bonds is 4. The van der Waals surface area contributed by atoms with Crippen molar-refractivity contribution >= 4 is 34.8 Å². The molecule has 2 rings (SSSR count). The molecule has 1 heterocycles. The summed E-state index contributed by atoms with van der Waals surface area (Å²) in [6.45, 7) is 0. The van der Waals surface area contributed by atoms with Crippen molar-refractivity contribution in [2.24, 2.45) is 0 Å². The van der Waals surface area contributed by atoms with Gasteiger partial charge in [-0.15, -0.1) is 0 Å². The normalized spacial score (nSPS) is 10.2. The molecule has 1 aromatic heterocycles. The molecule has 2 N–H and O–H groups in total. The molecule has 1 aromatic carbocycles. The van der Waals surface area contributed by atoms with Crippen LogP contribution in [0.15, 0.2) is 36.4 Å². The molecule has 0 unspecified atom stereocenters. The number of carboxylic acids is 1. The Morgan fingerprint density at radius 1 is 1.25 bits per heavy atom. The van der Waals surface area contributed by atoms with Gasteiger partial charge in [0.15, 0.2) is 5.69 Å². The van der Waals surface area contributed by atoms with Gasteiger partial charge in [-0.1, -0.05) is 23.7 Å². The number of nitrogens with zero attached hydrogens (tertiary/aromatic N) is 2. The number of nitrogens with one attached hydrogen (secondary N) is 1. The fourth-order valence-corrected chi connectivity index (χ4v) is 1.96. The lowest BCUT2D eigenvalue weighted by atomic mass is 10.2. The third kappa shape index (κ3) is 3.00. The van der Waals surface area contributed by atoms with Crippen LogP contribution < -0.4 is 10.2 Å². The molecule has 0 spiro atoms. The lowest BCUT2D eigenvalue weighted by Crippen LogP contribution is -2.11. The number of hydrogen-bond donors (Lipinski definition) is 2. The second-order valence-corrected chi connectivity index (χ2v) is 4.78. The van der Waals surface area contributed by atoms with Gasteiger partial charge in [-0.25, -0.2) is 9.78 Å². The monoisotopic (exact) mass is 291 g/mol. The Balaban J connectivity index is 2.36. The summed E-state index contributed by atoms with van der Waals surface area (Å²) in [6, 6.07) is 10.8. The molecule has 0 amide bonds. The van der Waals surface area contributed by atoms with Gasteiger partial charge in [0.05, 0.1) is 16.4 Å². The SMILES string of the molecule is CN(C)c1ccccc1Nc1ccc(Cl)c(C(=O)O)n1. The lowest BCUT2D eigenvalue weighted by Gasteiger charge is -2.18. The van der Waals surface area contributed by atoms with Gasteiger partial charge in [0.1, 0.15) is 5.82 Å². The van der Waals surface area contributed by atoms with E-state index in [9.17, 15) is 4.79 Å². The molecule has 0 saturated heterocycles. The third-order valence-corrected chi connectivity index (χ3v) is 3.00. The Labute approximate surface area is 121 Å². The number of halogens is 1. The Morgan fingerprint density at radius 3 is 2.60 bits per heavy atom. The molecule has 0 fully saturated rings. The molecule has 104 valence electrons. The molecular formula is C14H14ClN3O2. The zero-order valence-corrected chi connectivity index (χ0v) is 11.8. The molecule has 5 nitrogen and oxygen atoms in total. The zero-order valence-electron chi connectivity index (χ0n) is 11.1. The predicted octanol–water partition coefficient (Wildman–Crippen LogP) is 3.24. The molecule has 0 aliphatic rings. The van der Waals surface area contributed by atoms with Crippen molar-refractivity contribution in [3.63, 3.8) is 0 Å². The number of aromatic nitrogens is 1. The van der Waals surface area contributed by atoms with Gasteiger partial charge < -0.3 is 15.3 Å². The summed E-state index contributed by atoms with van der Waals surface area (Å²) in [4.78, 5) is 17.0. The summed E-state index contributed by atoms with van der Waals surface area (Å²) < 4.78 is 0. The van der Waals surface area contributed by atoms with Crippen molar-refractivity contribution in [3.8, 4) is 0 Å². The smallest absolute Gasteiger partial charge is 0.356 e. The first kappa shape index (κ1) is 14.1. The summed E-state index contributed by atoms with van der Waals surface area (Å²) in [5, 5.41) is 12.2. The minimum absolute atomic E-state index is 0.115. The van der Waals surface area contributed by atoms with Crippen LogP contribution in [0.4, 0.5) is 17.2 Å². The quantitative estimate of drug-likeness (QED) is 0.905. The molecular weight excluding hydrogens is 278 g/mol. The number of carboxylic acid groups (broad SMARTS) is 1. The average Bonchev–Trinajstić information content (AvgIpc) is 2.41. The van der Waals surface area contributed by atoms with Crippen LogP contribution in [0.3, 0.4) is 0 Å². The summed E-state index contributed by atoms with van der Waals surface area (Å²) in [6.07, 6.45) is 0. The Morgan fingerprint density at radius 2 is 1.95 bits per heavy atom. The largest absolute Gasteiger partial charge is 0.476 e. The minimum Gasteiger partial charge on any atom is -0.476 e. The van der Waals surface area contributed by atoms with Gasteiger partial charge in [-0.2, -0.15) is 0 Å². The van der Waals surface area contributed by atoms with Crippen LogP contribution in [0.5, 0.6) is 0 Å². The molecule has 20 heavy (non-hydrogen) atoms. The van der Waals surface area contributed by atoms with Crippen molar-refractivity contribution in [2.45, 2.75) is 0 Å². The van der Waals surface area contributed by atoms with Gasteiger partial charge in [0, 0.05) is 14.1 Å². The van der Waals surface area contributed by atoms with E-state index in [1.165, 1.54) is 6.07 Å². The van der Waals surface area contributed by atoms with Crippen molar-refractivity contribution in [2.75, 3.05) is 24.3 Å². The highest BCUT2D eigenvalue weighted by molar-refractivity contribution is 6.33. The topological polar surface area (TPSA) is 65.5 Å². The van der Waals surface area contributed by atoms with E-state index in [4.69, 9.17) is 16.7 Å². The number of para-hydroxylation sites is 2. The summed E-state index contributed by atoms with van der Waals surface area (Å²) in [5.74, 6) is -0.722. The average molecular weight is 292 g/mol. The Bertz CT molecular complexity index is 644. The number of benzene rings is 1. The molecule has 0 aliphatic carbocycles. The summed E-state index contributed by atoms with van der Waals surface area (Å²) in [7, 11) is 3.86. The van der Waals surface area contributed by atoms with Gasteiger partial charge in [0.2, 0.25) is 0 Å². The maximum atomic E-state index is 11.0. The highest BCUT2D eigenvalue weighted by Crippen LogP contribution is 2.27. The predicted molar refractivity (Wildman–Crippen MR) is 80.3 cm³/mol. The van der Waals surface area contributed by atoms with Crippen LogP contribution in [0.25, 0.3) is 0 Å². The fourth-order valence-electron chi connectivity index (χ4n) is 1.77. The molecule has 0 bridgehead atoms. The van der Waals surface area contributed by atoms with Crippen LogP contribution in [0.2, 0.25) is 5.02 Å². The first-order chi connectivity index (χ1) is 9.49. The van der Waals surface area contributed by atoms with E-state index in [-0.39, 0.29) is 10.7 Å². The van der Waals surface area contributed by atoms with E-state index in [0.29, 0.717) is 5.82 Å². The van der Waals surface area contributed by atoms with E-state index >= 15 is 0 Å². The van der Waals surface area contributed by atoms with E-state index < -0.39 is 5.97 Å². The zero-order chi connectivity index (χ0) is 14.7. The van der Waals surface area contributed by atoms with Crippen LogP contribution >= 0.6 is 11.6 Å². The molecule has 0 aliphatic heterocycles. The maximum absolute atomic E-state index is 11.0. The minimum atomic E-state index is -1.15. The van der Waals surface area contributed by atoms with Crippen molar-refractivity contribution in [1.29, 1.82) is 0 Å². The van der Waals surface area contributed by atoms with Crippen molar-refractivity contribution in [1.82, 2.24) is 4.98 Å². The summed E-state index contributed by atoms with van der Waals surface area (Å²) in [5.41, 5.74) is 1.64.